The van der Waals surface area contributed by atoms with Crippen molar-refractivity contribution in [2.75, 3.05) is 5.32 Å². The van der Waals surface area contributed by atoms with Crippen LogP contribution in [0.1, 0.15) is 37.7 Å². The number of hydrogen-bond acceptors (Lipinski definition) is 4. The number of carbonyl (C=O) groups excluding carboxylic acids is 2. The maximum atomic E-state index is 13.2. The summed E-state index contributed by atoms with van der Waals surface area (Å²) in [4.78, 5) is 30.1. The summed E-state index contributed by atoms with van der Waals surface area (Å²) < 4.78 is 0. The zero-order valence-corrected chi connectivity index (χ0v) is 16.2. The van der Waals surface area contributed by atoms with Gasteiger partial charge in [-0.15, -0.1) is 0 Å². The molecule has 2 aliphatic rings. The quantitative estimate of drug-likeness (QED) is 0.813. The summed E-state index contributed by atoms with van der Waals surface area (Å²) in [6.07, 6.45) is 5.37. The Balaban J connectivity index is 1.79. The van der Waals surface area contributed by atoms with E-state index in [1.54, 1.807) is 36.7 Å². The molecule has 1 aliphatic carbocycles. The molecule has 142 valence electrons. The maximum Gasteiger partial charge on any atom is 0.254 e. The fraction of sp³-hybridized carbons (Fsp3) is 0.227. The fourth-order valence-electron chi connectivity index (χ4n) is 3.91. The number of allylic oxidation sites excluding steroid dienone is 3. The summed E-state index contributed by atoms with van der Waals surface area (Å²) in [7, 11) is 0. The van der Waals surface area contributed by atoms with Crippen LogP contribution in [0.4, 0.5) is 5.69 Å². The number of Topliss-reactive ketones (excluding diaryl/α,β-unsaturated/α-hetero) is 1. The number of pyridine rings is 1. The number of halogens is 1. The number of aromatic nitrogens is 1. The average Bonchev–Trinajstić information content (AvgIpc) is 2.68. The van der Waals surface area contributed by atoms with Crippen LogP contribution in [0.25, 0.3) is 0 Å². The molecule has 0 saturated heterocycles. The molecule has 1 atom stereocenters. The second-order valence-electron chi connectivity index (χ2n) is 7.01. The number of rotatable bonds is 3. The van der Waals surface area contributed by atoms with E-state index >= 15 is 0 Å². The molecular formula is C22H20ClN3O2. The van der Waals surface area contributed by atoms with Gasteiger partial charge in [0.15, 0.2) is 5.78 Å². The van der Waals surface area contributed by atoms with Crippen molar-refractivity contribution in [2.24, 2.45) is 0 Å². The minimum atomic E-state index is -0.419. The molecule has 0 radical (unpaired) electrons. The van der Waals surface area contributed by atoms with Crippen LogP contribution >= 0.6 is 11.6 Å². The Bertz CT molecular complexity index is 994. The molecule has 0 fully saturated rings. The molecule has 1 amide bonds. The van der Waals surface area contributed by atoms with Gasteiger partial charge < -0.3 is 10.6 Å². The smallest absolute Gasteiger partial charge is 0.254 e. The number of amides is 1. The van der Waals surface area contributed by atoms with Gasteiger partial charge in [-0.1, -0.05) is 23.7 Å². The summed E-state index contributed by atoms with van der Waals surface area (Å²) >= 11 is 6.06. The van der Waals surface area contributed by atoms with Gasteiger partial charge in [-0.2, -0.15) is 0 Å². The van der Waals surface area contributed by atoms with Crippen LogP contribution in [0.3, 0.4) is 0 Å². The molecule has 2 aromatic rings. The van der Waals surface area contributed by atoms with Crippen molar-refractivity contribution in [3.8, 4) is 0 Å². The number of dihydropyridines is 1. The highest BCUT2D eigenvalue weighted by Gasteiger charge is 2.38. The molecule has 4 rings (SSSR count). The first kappa shape index (κ1) is 18.4. The minimum absolute atomic E-state index is 0.0906. The molecule has 6 heteroatoms. The maximum absolute atomic E-state index is 13.2. The van der Waals surface area contributed by atoms with Gasteiger partial charge in [-0.3, -0.25) is 14.6 Å². The Labute approximate surface area is 168 Å². The highest BCUT2D eigenvalue weighted by Crippen LogP contribution is 2.42. The molecule has 0 spiro atoms. The first-order valence-corrected chi connectivity index (χ1v) is 9.63. The second kappa shape index (κ2) is 7.60. The molecule has 1 aliphatic heterocycles. The minimum Gasteiger partial charge on any atom is -0.362 e. The first-order valence-electron chi connectivity index (χ1n) is 9.25. The topological polar surface area (TPSA) is 71.1 Å². The van der Waals surface area contributed by atoms with Crippen molar-refractivity contribution in [1.29, 1.82) is 0 Å². The van der Waals surface area contributed by atoms with Crippen molar-refractivity contribution >= 4 is 29.0 Å². The number of nitrogens with zero attached hydrogens (tertiary/aromatic N) is 1. The van der Waals surface area contributed by atoms with Crippen LogP contribution in [0.2, 0.25) is 5.02 Å². The lowest BCUT2D eigenvalue weighted by atomic mass is 9.75. The second-order valence-corrected chi connectivity index (χ2v) is 7.45. The Morgan fingerprint density at radius 3 is 2.71 bits per heavy atom. The largest absolute Gasteiger partial charge is 0.362 e. The molecule has 1 aromatic carbocycles. The first-order chi connectivity index (χ1) is 13.5. The summed E-state index contributed by atoms with van der Waals surface area (Å²) in [6, 6.07) is 10.9. The molecule has 28 heavy (non-hydrogen) atoms. The van der Waals surface area contributed by atoms with Crippen molar-refractivity contribution in [3.63, 3.8) is 0 Å². The van der Waals surface area contributed by atoms with Crippen molar-refractivity contribution in [3.05, 3.63) is 81.9 Å². The predicted octanol–water partition coefficient (Wildman–Crippen LogP) is 4.34. The third-order valence-electron chi connectivity index (χ3n) is 5.14. The van der Waals surface area contributed by atoms with Crippen LogP contribution in [0.5, 0.6) is 0 Å². The Morgan fingerprint density at radius 2 is 2.00 bits per heavy atom. The highest BCUT2D eigenvalue weighted by atomic mass is 35.5. The number of nitrogens with one attached hydrogen (secondary N) is 2. The van der Waals surface area contributed by atoms with Gasteiger partial charge in [0.2, 0.25) is 0 Å². The molecule has 2 N–H and O–H groups in total. The van der Waals surface area contributed by atoms with Crippen LogP contribution in [0.15, 0.2) is 71.3 Å². The number of anilines is 1. The van der Waals surface area contributed by atoms with Crippen LogP contribution in [-0.2, 0) is 9.59 Å². The molecule has 1 aromatic heterocycles. The highest BCUT2D eigenvalue weighted by molar-refractivity contribution is 6.30. The monoisotopic (exact) mass is 393 g/mol. The standard InChI is InChI=1S/C22H20ClN3O2/c1-13-19(22(28)26-16-4-3-11-24-12-16)20(14-7-9-15(23)10-8-14)21-17(25-13)5-2-6-18(21)27/h3-4,7-12,20,25H,2,5-6H2,1H3,(H,26,28). The van der Waals surface area contributed by atoms with Crippen LogP contribution in [0, 0.1) is 0 Å². The SMILES string of the molecule is CC1=C(C(=O)Nc2cccnc2)C(c2ccc(Cl)cc2)C2=C(CCCC2=O)N1. The van der Waals surface area contributed by atoms with Gasteiger partial charge in [-0.05, 0) is 49.6 Å². The van der Waals surface area contributed by atoms with E-state index in [1.165, 1.54) is 0 Å². The summed E-state index contributed by atoms with van der Waals surface area (Å²) in [5, 5.41) is 6.83. The predicted molar refractivity (Wildman–Crippen MR) is 109 cm³/mol. The van der Waals surface area contributed by atoms with E-state index in [2.05, 4.69) is 15.6 Å². The summed E-state index contributed by atoms with van der Waals surface area (Å²) in [6.45, 7) is 1.88. The lowest BCUT2D eigenvalue weighted by Crippen LogP contribution is -2.35. The summed E-state index contributed by atoms with van der Waals surface area (Å²) in [5.74, 6) is -0.575. The zero-order chi connectivity index (χ0) is 19.7. The number of hydrogen-bond donors (Lipinski definition) is 2. The molecule has 5 nitrogen and oxygen atoms in total. The van der Waals surface area contributed by atoms with Crippen molar-refractivity contribution < 1.29 is 9.59 Å². The number of ketones is 1. The van der Waals surface area contributed by atoms with Gasteiger partial charge >= 0.3 is 0 Å². The Kier molecular flexibility index (Phi) is 5.01. The normalized spacial score (nSPS) is 19.2. The van der Waals surface area contributed by atoms with E-state index in [1.807, 2.05) is 19.1 Å². The van der Waals surface area contributed by atoms with E-state index in [-0.39, 0.29) is 11.7 Å². The average molecular weight is 394 g/mol. The molecule has 0 saturated carbocycles. The molecular weight excluding hydrogens is 374 g/mol. The van der Waals surface area contributed by atoms with Crippen molar-refractivity contribution in [2.45, 2.75) is 32.1 Å². The van der Waals surface area contributed by atoms with Gasteiger partial charge in [-0.25, -0.2) is 0 Å². The molecule has 1 unspecified atom stereocenters. The van der Waals surface area contributed by atoms with Gasteiger partial charge in [0, 0.05) is 46.1 Å². The third kappa shape index (κ3) is 3.45. The molecule has 0 bridgehead atoms. The van der Waals surface area contributed by atoms with Gasteiger partial charge in [0.25, 0.3) is 5.91 Å². The molecule has 2 heterocycles. The number of benzene rings is 1. The fourth-order valence-corrected chi connectivity index (χ4v) is 4.03. The van der Waals surface area contributed by atoms with Gasteiger partial charge in [0.1, 0.15) is 0 Å². The van der Waals surface area contributed by atoms with E-state index in [0.717, 1.165) is 29.8 Å². The Morgan fingerprint density at radius 1 is 1.21 bits per heavy atom. The van der Waals surface area contributed by atoms with Crippen LogP contribution in [-0.4, -0.2) is 16.7 Å². The summed E-state index contributed by atoms with van der Waals surface area (Å²) in [5.41, 5.74) is 4.40. The third-order valence-corrected chi connectivity index (χ3v) is 5.40. The van der Waals surface area contributed by atoms with E-state index in [0.29, 0.717) is 28.3 Å². The van der Waals surface area contributed by atoms with E-state index in [4.69, 9.17) is 11.6 Å². The lowest BCUT2D eigenvalue weighted by molar-refractivity contribution is -0.116. The van der Waals surface area contributed by atoms with E-state index < -0.39 is 5.92 Å². The van der Waals surface area contributed by atoms with E-state index in [9.17, 15) is 9.59 Å². The number of carbonyl (C=O) groups is 2. The van der Waals surface area contributed by atoms with Gasteiger partial charge in [0.05, 0.1) is 11.9 Å². The lowest BCUT2D eigenvalue weighted by Gasteiger charge is -2.34. The van der Waals surface area contributed by atoms with Crippen LogP contribution < -0.4 is 10.6 Å². The van der Waals surface area contributed by atoms with Crippen molar-refractivity contribution in [1.82, 2.24) is 10.3 Å². The Hall–Kier alpha value is -2.92. The zero-order valence-electron chi connectivity index (χ0n) is 15.5.